The molecule has 0 aromatic carbocycles. The van der Waals surface area contributed by atoms with Crippen molar-refractivity contribution in [3.05, 3.63) is 35.9 Å². The van der Waals surface area contributed by atoms with Crippen molar-refractivity contribution in [2.75, 3.05) is 0 Å². The molecular weight excluding hydrogens is 268 g/mol. The van der Waals surface area contributed by atoms with E-state index in [2.05, 4.69) is 25.8 Å². The SMILES string of the molecule is CC[C@@H](NC(=O)CCCn1cnnn1)c1ncccc1C. The number of hydrogen-bond donors (Lipinski definition) is 1. The van der Waals surface area contributed by atoms with E-state index in [0.29, 0.717) is 19.4 Å². The zero-order valence-electron chi connectivity index (χ0n) is 12.4. The Kier molecular flexibility index (Phi) is 5.36. The van der Waals surface area contributed by atoms with Crippen LogP contribution in [0.25, 0.3) is 0 Å². The molecule has 2 heterocycles. The highest BCUT2D eigenvalue weighted by atomic mass is 16.1. The molecule has 0 saturated carbocycles. The number of carbonyl (C=O) groups excluding carboxylic acids is 1. The van der Waals surface area contributed by atoms with E-state index >= 15 is 0 Å². The van der Waals surface area contributed by atoms with Crippen molar-refractivity contribution in [3.8, 4) is 0 Å². The largest absolute Gasteiger partial charge is 0.348 e. The van der Waals surface area contributed by atoms with E-state index in [1.807, 2.05) is 26.0 Å². The summed E-state index contributed by atoms with van der Waals surface area (Å²) in [4.78, 5) is 16.4. The maximum absolute atomic E-state index is 12.0. The second-order valence-electron chi connectivity index (χ2n) is 4.91. The summed E-state index contributed by atoms with van der Waals surface area (Å²) in [7, 11) is 0. The maximum atomic E-state index is 12.0. The summed E-state index contributed by atoms with van der Waals surface area (Å²) in [5.74, 6) is 0.0278. The molecule has 0 bridgehead atoms. The third-order valence-electron chi connectivity index (χ3n) is 3.31. The summed E-state index contributed by atoms with van der Waals surface area (Å²) < 4.78 is 1.62. The average molecular weight is 288 g/mol. The smallest absolute Gasteiger partial charge is 0.220 e. The molecule has 0 unspecified atom stereocenters. The van der Waals surface area contributed by atoms with Gasteiger partial charge in [0, 0.05) is 19.2 Å². The molecule has 0 fully saturated rings. The summed E-state index contributed by atoms with van der Waals surface area (Å²) in [6.07, 6.45) is 5.27. The standard InChI is InChI=1S/C14H20N6O/c1-3-12(14-11(2)6-4-8-15-14)17-13(21)7-5-9-20-10-16-18-19-20/h4,6,8,10,12H,3,5,7,9H2,1-2H3,(H,17,21)/t12-/m1/s1. The van der Waals surface area contributed by atoms with Crippen LogP contribution in [0.15, 0.2) is 24.7 Å². The van der Waals surface area contributed by atoms with E-state index in [0.717, 1.165) is 17.7 Å². The van der Waals surface area contributed by atoms with Gasteiger partial charge >= 0.3 is 0 Å². The third-order valence-corrected chi connectivity index (χ3v) is 3.31. The Morgan fingerprint density at radius 2 is 2.33 bits per heavy atom. The number of rotatable bonds is 7. The highest BCUT2D eigenvalue weighted by molar-refractivity contribution is 5.76. The van der Waals surface area contributed by atoms with Gasteiger partial charge in [0.2, 0.25) is 5.91 Å². The van der Waals surface area contributed by atoms with E-state index in [-0.39, 0.29) is 11.9 Å². The number of amides is 1. The summed E-state index contributed by atoms with van der Waals surface area (Å²) in [6.45, 7) is 4.69. The van der Waals surface area contributed by atoms with E-state index in [1.54, 1.807) is 17.2 Å². The molecule has 0 aliphatic carbocycles. The highest BCUT2D eigenvalue weighted by Gasteiger charge is 2.15. The van der Waals surface area contributed by atoms with Gasteiger partial charge in [0.05, 0.1) is 11.7 Å². The predicted molar refractivity (Wildman–Crippen MR) is 77.2 cm³/mol. The van der Waals surface area contributed by atoms with Crippen LogP contribution in [0.2, 0.25) is 0 Å². The number of pyridine rings is 1. The first-order valence-electron chi connectivity index (χ1n) is 7.12. The van der Waals surface area contributed by atoms with Crippen LogP contribution in [0.3, 0.4) is 0 Å². The van der Waals surface area contributed by atoms with Crippen molar-refractivity contribution >= 4 is 5.91 Å². The molecular formula is C14H20N6O. The zero-order valence-corrected chi connectivity index (χ0v) is 12.4. The van der Waals surface area contributed by atoms with Crippen molar-refractivity contribution in [2.45, 2.75) is 45.7 Å². The minimum atomic E-state index is -0.0354. The van der Waals surface area contributed by atoms with Gasteiger partial charge < -0.3 is 5.32 Å². The first-order valence-corrected chi connectivity index (χ1v) is 7.12. The first kappa shape index (κ1) is 15.1. The summed E-state index contributed by atoms with van der Waals surface area (Å²) >= 11 is 0. The molecule has 2 aromatic rings. The first-order chi connectivity index (χ1) is 10.2. The number of carbonyl (C=O) groups is 1. The number of nitrogens with one attached hydrogen (secondary N) is 1. The number of hydrogen-bond acceptors (Lipinski definition) is 5. The van der Waals surface area contributed by atoms with Crippen molar-refractivity contribution in [3.63, 3.8) is 0 Å². The number of aromatic nitrogens is 5. The minimum Gasteiger partial charge on any atom is -0.348 e. The van der Waals surface area contributed by atoms with Gasteiger partial charge in [-0.05, 0) is 41.8 Å². The molecule has 7 heteroatoms. The fraction of sp³-hybridized carbons (Fsp3) is 0.500. The van der Waals surface area contributed by atoms with Gasteiger partial charge in [-0.15, -0.1) is 5.10 Å². The monoisotopic (exact) mass is 288 g/mol. The molecule has 0 aliphatic heterocycles. The quantitative estimate of drug-likeness (QED) is 0.833. The van der Waals surface area contributed by atoms with Crippen molar-refractivity contribution in [1.82, 2.24) is 30.5 Å². The topological polar surface area (TPSA) is 85.6 Å². The van der Waals surface area contributed by atoms with Crippen LogP contribution in [-0.4, -0.2) is 31.1 Å². The molecule has 0 aliphatic rings. The molecule has 0 spiro atoms. The van der Waals surface area contributed by atoms with Crippen molar-refractivity contribution in [1.29, 1.82) is 0 Å². The molecule has 1 amide bonds. The zero-order chi connectivity index (χ0) is 15.1. The van der Waals surface area contributed by atoms with Crippen LogP contribution < -0.4 is 5.32 Å². The van der Waals surface area contributed by atoms with Gasteiger partial charge in [0.1, 0.15) is 6.33 Å². The Morgan fingerprint density at radius 3 is 3.00 bits per heavy atom. The van der Waals surface area contributed by atoms with Crippen molar-refractivity contribution < 1.29 is 4.79 Å². The van der Waals surface area contributed by atoms with Crippen molar-refractivity contribution in [2.24, 2.45) is 0 Å². The lowest BCUT2D eigenvalue weighted by molar-refractivity contribution is -0.122. The van der Waals surface area contributed by atoms with E-state index in [1.165, 1.54) is 0 Å². The molecule has 0 saturated heterocycles. The van der Waals surface area contributed by atoms with Gasteiger partial charge in [-0.1, -0.05) is 13.0 Å². The Balaban J connectivity index is 1.84. The summed E-state index contributed by atoms with van der Waals surface area (Å²) in [5, 5.41) is 13.9. The molecule has 7 nitrogen and oxygen atoms in total. The Bertz CT molecular complexity index is 569. The summed E-state index contributed by atoms with van der Waals surface area (Å²) in [6, 6.07) is 3.88. The minimum absolute atomic E-state index is 0.0278. The molecule has 112 valence electrons. The van der Waals surface area contributed by atoms with Crippen LogP contribution in [0.1, 0.15) is 43.5 Å². The lowest BCUT2D eigenvalue weighted by Crippen LogP contribution is -2.29. The van der Waals surface area contributed by atoms with Crippen LogP contribution in [0.5, 0.6) is 0 Å². The molecule has 0 radical (unpaired) electrons. The number of tetrazole rings is 1. The normalized spacial score (nSPS) is 12.1. The van der Waals surface area contributed by atoms with Crippen LogP contribution >= 0.6 is 0 Å². The lowest BCUT2D eigenvalue weighted by Gasteiger charge is -2.18. The van der Waals surface area contributed by atoms with Crippen LogP contribution in [0.4, 0.5) is 0 Å². The highest BCUT2D eigenvalue weighted by Crippen LogP contribution is 2.17. The lowest BCUT2D eigenvalue weighted by atomic mass is 10.1. The van der Waals surface area contributed by atoms with Gasteiger partial charge in [0.15, 0.2) is 0 Å². The van der Waals surface area contributed by atoms with E-state index in [9.17, 15) is 4.79 Å². The fourth-order valence-electron chi connectivity index (χ4n) is 2.18. The molecule has 1 N–H and O–H groups in total. The Morgan fingerprint density at radius 1 is 1.48 bits per heavy atom. The predicted octanol–water partition coefficient (Wildman–Crippen LogP) is 1.42. The molecule has 2 aromatic heterocycles. The Labute approximate surface area is 123 Å². The third kappa shape index (κ3) is 4.34. The van der Waals surface area contributed by atoms with Crippen LogP contribution in [-0.2, 0) is 11.3 Å². The Hall–Kier alpha value is -2.31. The summed E-state index contributed by atoms with van der Waals surface area (Å²) in [5.41, 5.74) is 2.03. The number of nitrogens with zero attached hydrogens (tertiary/aromatic N) is 5. The van der Waals surface area contributed by atoms with E-state index in [4.69, 9.17) is 0 Å². The molecule has 1 atom stereocenters. The second-order valence-corrected chi connectivity index (χ2v) is 4.91. The van der Waals surface area contributed by atoms with Gasteiger partial charge in [-0.25, -0.2) is 4.68 Å². The van der Waals surface area contributed by atoms with Gasteiger partial charge in [0.25, 0.3) is 0 Å². The van der Waals surface area contributed by atoms with Gasteiger partial charge in [-0.3, -0.25) is 9.78 Å². The second kappa shape index (κ2) is 7.47. The molecule has 21 heavy (non-hydrogen) atoms. The average Bonchev–Trinajstić information content (AvgIpc) is 2.99. The number of aryl methyl sites for hydroxylation is 2. The maximum Gasteiger partial charge on any atom is 0.220 e. The fourth-order valence-corrected chi connectivity index (χ4v) is 2.18. The van der Waals surface area contributed by atoms with Crippen LogP contribution in [0, 0.1) is 6.92 Å². The van der Waals surface area contributed by atoms with E-state index < -0.39 is 0 Å². The molecule has 2 rings (SSSR count). The van der Waals surface area contributed by atoms with Gasteiger partial charge in [-0.2, -0.15) is 0 Å².